The van der Waals surface area contributed by atoms with Crippen molar-refractivity contribution in [2.24, 2.45) is 5.92 Å². The van der Waals surface area contributed by atoms with Crippen molar-refractivity contribution in [2.45, 2.75) is 12.8 Å². The molecular formula is C18H19FN4O5. The van der Waals surface area contributed by atoms with Crippen LogP contribution in [0.3, 0.4) is 0 Å². The highest BCUT2D eigenvalue weighted by molar-refractivity contribution is 5.91. The largest absolute Gasteiger partial charge is 0.433 e. The molecule has 0 saturated carbocycles. The Balaban J connectivity index is 1.42. The highest BCUT2D eigenvalue weighted by Gasteiger charge is 2.24. The minimum Gasteiger partial charge on any atom is -0.395 e. The first-order chi connectivity index (χ1) is 13.4. The summed E-state index contributed by atoms with van der Waals surface area (Å²) in [5, 5.41) is 16.0. The third-order valence-electron chi connectivity index (χ3n) is 4.54. The summed E-state index contributed by atoms with van der Waals surface area (Å²) in [5.74, 6) is -1.29. The van der Waals surface area contributed by atoms with Crippen molar-refractivity contribution >= 4 is 23.5 Å². The summed E-state index contributed by atoms with van der Waals surface area (Å²) in [6.45, 7) is 1.44. The van der Waals surface area contributed by atoms with Crippen LogP contribution in [0, 0.1) is 21.8 Å². The van der Waals surface area contributed by atoms with Crippen LogP contribution in [-0.4, -0.2) is 41.4 Å². The third kappa shape index (κ3) is 4.84. The quantitative estimate of drug-likeness (QED) is 0.601. The Kier molecular flexibility index (Phi) is 5.87. The lowest BCUT2D eigenvalue weighted by atomic mass is 9.97. The number of rotatable bonds is 5. The second kappa shape index (κ2) is 8.51. The van der Waals surface area contributed by atoms with E-state index in [9.17, 15) is 24.1 Å². The van der Waals surface area contributed by atoms with Gasteiger partial charge in [0, 0.05) is 25.3 Å². The van der Waals surface area contributed by atoms with Gasteiger partial charge in [0.1, 0.15) is 10.7 Å². The molecule has 0 bridgehead atoms. The Bertz CT molecular complexity index is 859. The molecule has 0 unspecified atom stereocenters. The van der Waals surface area contributed by atoms with Crippen molar-refractivity contribution in [2.75, 3.05) is 25.0 Å². The first-order valence-corrected chi connectivity index (χ1v) is 8.76. The molecule has 1 fully saturated rings. The lowest BCUT2D eigenvalue weighted by molar-refractivity contribution is -0.402. The maximum absolute atomic E-state index is 12.9. The minimum atomic E-state index is -0.705. The SMILES string of the molecule is O=C(NCC1CCN(C(=O)Nc2ccc(F)cc2)CC1)c1ccc([N+](=O)[O-])o1. The van der Waals surface area contributed by atoms with Gasteiger partial charge in [-0.3, -0.25) is 14.9 Å². The molecule has 0 aliphatic carbocycles. The number of furan rings is 1. The molecule has 1 aromatic carbocycles. The molecule has 1 aromatic heterocycles. The van der Waals surface area contributed by atoms with E-state index in [2.05, 4.69) is 10.6 Å². The fourth-order valence-electron chi connectivity index (χ4n) is 2.95. The molecule has 2 heterocycles. The summed E-state index contributed by atoms with van der Waals surface area (Å²) in [4.78, 5) is 35.8. The molecule has 10 heteroatoms. The van der Waals surface area contributed by atoms with Crippen molar-refractivity contribution in [1.29, 1.82) is 0 Å². The van der Waals surface area contributed by atoms with Gasteiger partial charge in [0.2, 0.25) is 0 Å². The molecule has 9 nitrogen and oxygen atoms in total. The Labute approximate surface area is 159 Å². The van der Waals surface area contributed by atoms with E-state index in [0.717, 1.165) is 6.07 Å². The zero-order chi connectivity index (χ0) is 20.1. The van der Waals surface area contributed by atoms with E-state index in [-0.39, 0.29) is 23.5 Å². The fourth-order valence-corrected chi connectivity index (χ4v) is 2.95. The molecule has 0 radical (unpaired) electrons. The van der Waals surface area contributed by atoms with Crippen LogP contribution < -0.4 is 10.6 Å². The monoisotopic (exact) mass is 390 g/mol. The Morgan fingerprint density at radius 2 is 1.86 bits per heavy atom. The average Bonchev–Trinajstić information content (AvgIpc) is 3.19. The minimum absolute atomic E-state index is 0.109. The average molecular weight is 390 g/mol. The van der Waals surface area contributed by atoms with Gasteiger partial charge in [-0.1, -0.05) is 0 Å². The summed E-state index contributed by atoms with van der Waals surface area (Å²) in [5.41, 5.74) is 0.522. The molecule has 28 heavy (non-hydrogen) atoms. The number of anilines is 1. The van der Waals surface area contributed by atoms with Crippen LogP contribution in [0.25, 0.3) is 0 Å². The molecule has 1 aliphatic heterocycles. The third-order valence-corrected chi connectivity index (χ3v) is 4.54. The topological polar surface area (TPSA) is 118 Å². The normalized spacial score (nSPS) is 14.5. The van der Waals surface area contributed by atoms with E-state index in [4.69, 9.17) is 4.42 Å². The maximum atomic E-state index is 12.9. The van der Waals surface area contributed by atoms with Crippen LogP contribution in [0.4, 0.5) is 20.8 Å². The van der Waals surface area contributed by atoms with Gasteiger partial charge in [-0.15, -0.1) is 0 Å². The Morgan fingerprint density at radius 1 is 1.18 bits per heavy atom. The number of nitrogens with zero attached hydrogens (tertiary/aromatic N) is 2. The van der Waals surface area contributed by atoms with E-state index >= 15 is 0 Å². The summed E-state index contributed by atoms with van der Waals surface area (Å²) in [7, 11) is 0. The molecule has 2 N–H and O–H groups in total. The number of likely N-dealkylation sites (tertiary alicyclic amines) is 1. The van der Waals surface area contributed by atoms with Gasteiger partial charge in [0.15, 0.2) is 5.76 Å². The van der Waals surface area contributed by atoms with E-state index in [0.29, 0.717) is 38.2 Å². The number of carbonyl (C=O) groups excluding carboxylic acids is 2. The molecule has 2 aromatic rings. The summed E-state index contributed by atoms with van der Waals surface area (Å²) in [6.07, 6.45) is 1.41. The lowest BCUT2D eigenvalue weighted by Gasteiger charge is -2.32. The number of hydrogen-bond acceptors (Lipinski definition) is 5. The molecule has 0 spiro atoms. The lowest BCUT2D eigenvalue weighted by Crippen LogP contribution is -2.43. The van der Waals surface area contributed by atoms with Gasteiger partial charge in [0.25, 0.3) is 5.91 Å². The maximum Gasteiger partial charge on any atom is 0.433 e. The molecule has 148 valence electrons. The molecule has 3 amide bonds. The van der Waals surface area contributed by atoms with Gasteiger partial charge >= 0.3 is 11.9 Å². The van der Waals surface area contributed by atoms with Crippen molar-refractivity contribution in [1.82, 2.24) is 10.2 Å². The molecule has 0 atom stereocenters. The fraction of sp³-hybridized carbons (Fsp3) is 0.333. The van der Waals surface area contributed by atoms with Gasteiger partial charge in [-0.25, -0.2) is 9.18 Å². The summed E-state index contributed by atoms with van der Waals surface area (Å²) in [6, 6.07) is 7.68. The molecule has 3 rings (SSSR count). The second-order valence-electron chi connectivity index (χ2n) is 6.47. The molecular weight excluding hydrogens is 371 g/mol. The smallest absolute Gasteiger partial charge is 0.395 e. The Hall–Kier alpha value is -3.43. The number of hydrogen-bond donors (Lipinski definition) is 2. The van der Waals surface area contributed by atoms with Gasteiger partial charge < -0.3 is 20.0 Å². The van der Waals surface area contributed by atoms with Gasteiger partial charge in [-0.2, -0.15) is 0 Å². The first kappa shape index (κ1) is 19.3. The number of urea groups is 1. The molecule has 1 aliphatic rings. The number of nitrogens with one attached hydrogen (secondary N) is 2. The Morgan fingerprint density at radius 3 is 2.46 bits per heavy atom. The number of carbonyl (C=O) groups is 2. The van der Waals surface area contributed by atoms with Crippen LogP contribution in [0.1, 0.15) is 23.4 Å². The van der Waals surface area contributed by atoms with Crippen LogP contribution in [0.15, 0.2) is 40.8 Å². The van der Waals surface area contributed by atoms with Crippen molar-refractivity contribution in [3.63, 3.8) is 0 Å². The zero-order valence-electron chi connectivity index (χ0n) is 14.9. The van der Waals surface area contributed by atoms with Crippen LogP contribution in [0.2, 0.25) is 0 Å². The van der Waals surface area contributed by atoms with Crippen LogP contribution in [-0.2, 0) is 0 Å². The predicted octanol–water partition coefficient (Wildman–Crippen LogP) is 3.00. The van der Waals surface area contributed by atoms with Gasteiger partial charge in [0.05, 0.1) is 6.07 Å². The van der Waals surface area contributed by atoms with E-state index in [1.54, 1.807) is 4.90 Å². The van der Waals surface area contributed by atoms with Gasteiger partial charge in [-0.05, 0) is 49.1 Å². The van der Waals surface area contributed by atoms with Crippen molar-refractivity contribution in [3.05, 3.63) is 58.1 Å². The number of benzene rings is 1. The summed E-state index contributed by atoms with van der Waals surface area (Å²) >= 11 is 0. The highest BCUT2D eigenvalue weighted by Crippen LogP contribution is 2.19. The number of piperidine rings is 1. The first-order valence-electron chi connectivity index (χ1n) is 8.76. The standard InChI is InChI=1S/C18H19FN4O5/c19-13-1-3-14(4-2-13)21-18(25)22-9-7-12(8-10-22)11-20-17(24)15-5-6-16(28-15)23(26)27/h1-6,12H,7-11H2,(H,20,24)(H,21,25). The van der Waals surface area contributed by atoms with Crippen LogP contribution in [0.5, 0.6) is 0 Å². The van der Waals surface area contributed by atoms with Crippen molar-refractivity contribution in [3.8, 4) is 0 Å². The van der Waals surface area contributed by atoms with Crippen molar-refractivity contribution < 1.29 is 23.3 Å². The van der Waals surface area contributed by atoms with Crippen LogP contribution >= 0.6 is 0 Å². The second-order valence-corrected chi connectivity index (χ2v) is 6.47. The molecule has 1 saturated heterocycles. The number of amides is 3. The predicted molar refractivity (Wildman–Crippen MR) is 97.4 cm³/mol. The zero-order valence-corrected chi connectivity index (χ0v) is 14.9. The van der Waals surface area contributed by atoms with E-state index in [1.807, 2.05) is 0 Å². The number of halogens is 1. The number of nitro groups is 1. The van der Waals surface area contributed by atoms with E-state index < -0.39 is 16.7 Å². The summed E-state index contributed by atoms with van der Waals surface area (Å²) < 4.78 is 17.8. The highest BCUT2D eigenvalue weighted by atomic mass is 19.1. The van der Waals surface area contributed by atoms with E-state index in [1.165, 1.54) is 30.3 Å².